The number of carbonyl (C=O) groups is 1. The van der Waals surface area contributed by atoms with Gasteiger partial charge < -0.3 is 24.8 Å². The van der Waals surface area contributed by atoms with E-state index in [9.17, 15) is 9.90 Å². The Morgan fingerprint density at radius 3 is 2.41 bits per heavy atom. The van der Waals surface area contributed by atoms with E-state index in [1.165, 1.54) is 0 Å². The molecule has 1 fully saturated rings. The van der Waals surface area contributed by atoms with Crippen LogP contribution >= 0.6 is 0 Å². The molecule has 0 atom stereocenters. The number of phenolic OH excluding ortho intramolecular Hbond substituents is 1. The molecule has 1 heterocycles. The summed E-state index contributed by atoms with van der Waals surface area (Å²) in [7, 11) is 3.14. The van der Waals surface area contributed by atoms with Crippen LogP contribution in [0.3, 0.4) is 0 Å². The molecule has 7 heteroatoms. The van der Waals surface area contributed by atoms with E-state index in [1.807, 2.05) is 18.2 Å². The summed E-state index contributed by atoms with van der Waals surface area (Å²) in [4.78, 5) is 16.6. The molecule has 1 amide bonds. The fourth-order valence-electron chi connectivity index (χ4n) is 3.20. The topological polar surface area (TPSA) is 74.3 Å². The number of nitrogens with zero attached hydrogens (tertiary/aromatic N) is 2. The van der Waals surface area contributed by atoms with Crippen LogP contribution in [-0.4, -0.2) is 62.9 Å². The van der Waals surface area contributed by atoms with Crippen molar-refractivity contribution in [3.05, 3.63) is 42.5 Å². The lowest BCUT2D eigenvalue weighted by Crippen LogP contribution is -2.48. The number of rotatable bonds is 6. The number of para-hydroxylation sites is 2. The Balaban J connectivity index is 1.52. The molecule has 0 unspecified atom stereocenters. The molecule has 0 saturated carbocycles. The standard InChI is InChI=1S/C20H25N3O4/c1-26-18-8-7-15(13-19(18)27-2)21-20(25)14-22-9-11-23(12-10-22)16-5-3-4-6-17(16)24/h3-8,13,24H,9-12,14H2,1-2H3,(H,21,25). The Bertz CT molecular complexity index is 789. The minimum atomic E-state index is -0.0711. The van der Waals surface area contributed by atoms with Gasteiger partial charge in [-0.15, -0.1) is 0 Å². The van der Waals surface area contributed by atoms with Crippen LogP contribution in [0.15, 0.2) is 42.5 Å². The Morgan fingerprint density at radius 1 is 1.04 bits per heavy atom. The Labute approximate surface area is 159 Å². The molecule has 0 radical (unpaired) electrons. The van der Waals surface area contributed by atoms with Crippen LogP contribution in [0.25, 0.3) is 0 Å². The van der Waals surface area contributed by atoms with Crippen LogP contribution < -0.4 is 19.7 Å². The lowest BCUT2D eigenvalue weighted by molar-refractivity contribution is -0.117. The zero-order valence-corrected chi connectivity index (χ0v) is 15.6. The molecule has 1 aliphatic rings. The molecule has 144 valence electrons. The summed E-state index contributed by atoms with van der Waals surface area (Å²) in [6.45, 7) is 3.37. The number of phenols is 1. The predicted molar refractivity (Wildman–Crippen MR) is 105 cm³/mol. The van der Waals surface area contributed by atoms with Gasteiger partial charge in [0, 0.05) is 37.9 Å². The number of amides is 1. The van der Waals surface area contributed by atoms with Gasteiger partial charge in [-0.3, -0.25) is 9.69 Å². The number of hydrogen-bond acceptors (Lipinski definition) is 6. The summed E-state index contributed by atoms with van der Waals surface area (Å²) in [6.07, 6.45) is 0. The fourth-order valence-corrected chi connectivity index (χ4v) is 3.20. The van der Waals surface area contributed by atoms with Gasteiger partial charge in [-0.2, -0.15) is 0 Å². The normalized spacial score (nSPS) is 14.7. The van der Waals surface area contributed by atoms with Crippen molar-refractivity contribution in [2.45, 2.75) is 0 Å². The summed E-state index contributed by atoms with van der Waals surface area (Å²) >= 11 is 0. The maximum Gasteiger partial charge on any atom is 0.238 e. The number of hydrogen-bond donors (Lipinski definition) is 2. The Hall–Kier alpha value is -2.93. The van der Waals surface area contributed by atoms with Crippen LogP contribution in [0.4, 0.5) is 11.4 Å². The van der Waals surface area contributed by atoms with Crippen LogP contribution in [-0.2, 0) is 4.79 Å². The second-order valence-corrected chi connectivity index (χ2v) is 6.37. The molecule has 1 saturated heterocycles. The van der Waals surface area contributed by atoms with Gasteiger partial charge in [0.15, 0.2) is 11.5 Å². The predicted octanol–water partition coefficient (Wildman–Crippen LogP) is 2.17. The summed E-state index contributed by atoms with van der Waals surface area (Å²) in [5, 5.41) is 12.9. The highest BCUT2D eigenvalue weighted by Crippen LogP contribution is 2.30. The molecule has 0 aromatic heterocycles. The van der Waals surface area contributed by atoms with Gasteiger partial charge in [-0.25, -0.2) is 0 Å². The van der Waals surface area contributed by atoms with Gasteiger partial charge in [-0.05, 0) is 24.3 Å². The first-order chi connectivity index (χ1) is 13.1. The minimum Gasteiger partial charge on any atom is -0.506 e. The maximum absolute atomic E-state index is 12.4. The lowest BCUT2D eigenvalue weighted by Gasteiger charge is -2.35. The van der Waals surface area contributed by atoms with Gasteiger partial charge >= 0.3 is 0 Å². The second-order valence-electron chi connectivity index (χ2n) is 6.37. The second kappa shape index (κ2) is 8.64. The number of nitrogens with one attached hydrogen (secondary N) is 1. The number of benzene rings is 2. The average Bonchev–Trinajstić information content (AvgIpc) is 2.69. The summed E-state index contributed by atoms with van der Waals surface area (Å²) < 4.78 is 10.5. The van der Waals surface area contributed by atoms with E-state index in [2.05, 4.69) is 15.1 Å². The summed E-state index contributed by atoms with van der Waals surface area (Å²) in [6, 6.07) is 12.6. The molecule has 1 aliphatic heterocycles. The third-order valence-electron chi connectivity index (χ3n) is 4.63. The van der Waals surface area contributed by atoms with Crippen molar-refractivity contribution < 1.29 is 19.4 Å². The van der Waals surface area contributed by atoms with Crippen molar-refractivity contribution in [1.29, 1.82) is 0 Å². The molecule has 0 aliphatic carbocycles. The number of carbonyl (C=O) groups excluding carboxylic acids is 1. The first kappa shape index (κ1) is 18.8. The first-order valence-electron chi connectivity index (χ1n) is 8.88. The molecule has 7 nitrogen and oxygen atoms in total. The SMILES string of the molecule is COc1ccc(NC(=O)CN2CCN(c3ccccc3O)CC2)cc1OC. The zero-order valence-electron chi connectivity index (χ0n) is 15.6. The number of piperazine rings is 1. The van der Waals surface area contributed by atoms with Crippen LogP contribution in [0, 0.1) is 0 Å². The van der Waals surface area contributed by atoms with E-state index in [0.29, 0.717) is 23.7 Å². The highest BCUT2D eigenvalue weighted by atomic mass is 16.5. The van der Waals surface area contributed by atoms with Crippen molar-refractivity contribution in [1.82, 2.24) is 4.90 Å². The van der Waals surface area contributed by atoms with Crippen LogP contribution in [0.2, 0.25) is 0 Å². The fraction of sp³-hybridized carbons (Fsp3) is 0.350. The third-order valence-corrected chi connectivity index (χ3v) is 4.63. The molecular formula is C20H25N3O4. The number of anilines is 2. The van der Waals surface area contributed by atoms with Gasteiger partial charge in [0.1, 0.15) is 5.75 Å². The van der Waals surface area contributed by atoms with Crippen molar-refractivity contribution in [3.63, 3.8) is 0 Å². The molecule has 0 bridgehead atoms. The quantitative estimate of drug-likeness (QED) is 0.811. The lowest BCUT2D eigenvalue weighted by atomic mass is 10.2. The average molecular weight is 371 g/mol. The van der Waals surface area contributed by atoms with Gasteiger partial charge in [-0.1, -0.05) is 12.1 Å². The number of aromatic hydroxyl groups is 1. The minimum absolute atomic E-state index is 0.0711. The highest BCUT2D eigenvalue weighted by Gasteiger charge is 2.20. The van der Waals surface area contributed by atoms with E-state index in [4.69, 9.17) is 9.47 Å². The van der Waals surface area contributed by atoms with Crippen molar-refractivity contribution in [2.75, 3.05) is 57.2 Å². The number of ether oxygens (including phenoxy) is 2. The van der Waals surface area contributed by atoms with Crippen LogP contribution in [0.1, 0.15) is 0 Å². The smallest absolute Gasteiger partial charge is 0.238 e. The van der Waals surface area contributed by atoms with Crippen molar-refractivity contribution in [2.24, 2.45) is 0 Å². The Kier molecular flexibility index (Phi) is 6.03. The molecular weight excluding hydrogens is 346 g/mol. The van der Waals surface area contributed by atoms with E-state index in [1.54, 1.807) is 38.5 Å². The molecule has 0 spiro atoms. The van der Waals surface area contributed by atoms with Gasteiger partial charge in [0.2, 0.25) is 5.91 Å². The van der Waals surface area contributed by atoms with E-state index in [0.717, 1.165) is 31.9 Å². The van der Waals surface area contributed by atoms with Crippen molar-refractivity contribution >= 4 is 17.3 Å². The van der Waals surface area contributed by atoms with Crippen LogP contribution in [0.5, 0.6) is 17.2 Å². The third kappa shape index (κ3) is 4.62. The Morgan fingerprint density at radius 2 is 1.74 bits per heavy atom. The molecule has 3 rings (SSSR count). The van der Waals surface area contributed by atoms with Crippen molar-refractivity contribution in [3.8, 4) is 17.2 Å². The highest BCUT2D eigenvalue weighted by molar-refractivity contribution is 5.92. The maximum atomic E-state index is 12.4. The largest absolute Gasteiger partial charge is 0.506 e. The molecule has 2 aromatic carbocycles. The van der Waals surface area contributed by atoms with E-state index >= 15 is 0 Å². The molecule has 27 heavy (non-hydrogen) atoms. The monoisotopic (exact) mass is 371 g/mol. The number of methoxy groups -OCH3 is 2. The zero-order chi connectivity index (χ0) is 19.2. The molecule has 2 aromatic rings. The molecule has 2 N–H and O–H groups in total. The van der Waals surface area contributed by atoms with Gasteiger partial charge in [0.05, 0.1) is 26.5 Å². The first-order valence-corrected chi connectivity index (χ1v) is 8.88. The van der Waals surface area contributed by atoms with E-state index in [-0.39, 0.29) is 11.7 Å². The van der Waals surface area contributed by atoms with Gasteiger partial charge in [0.25, 0.3) is 0 Å². The van der Waals surface area contributed by atoms with E-state index < -0.39 is 0 Å². The summed E-state index contributed by atoms with van der Waals surface area (Å²) in [5.41, 5.74) is 1.51. The summed E-state index contributed by atoms with van der Waals surface area (Å²) in [5.74, 6) is 1.41.